The summed E-state index contributed by atoms with van der Waals surface area (Å²) in [5.74, 6) is 1.50. The van der Waals surface area contributed by atoms with Gasteiger partial charge >= 0.3 is 0 Å². The molecule has 0 radical (unpaired) electrons. The van der Waals surface area contributed by atoms with Crippen molar-refractivity contribution >= 4 is 43.2 Å². The minimum absolute atomic E-state index is 0.423. The fourth-order valence-electron chi connectivity index (χ4n) is 1.32. The molecule has 0 aliphatic carbocycles. The van der Waals surface area contributed by atoms with Crippen molar-refractivity contribution in [1.82, 2.24) is 10.3 Å². The molecule has 0 bridgehead atoms. The summed E-state index contributed by atoms with van der Waals surface area (Å²) in [7, 11) is 0. The molecule has 0 aliphatic rings. The smallest absolute Gasteiger partial charge is 0.208 e. The van der Waals surface area contributed by atoms with Crippen LogP contribution in [0.25, 0.3) is 11.3 Å². The van der Waals surface area contributed by atoms with Crippen LogP contribution in [-0.4, -0.2) is 11.0 Å². The van der Waals surface area contributed by atoms with E-state index in [-0.39, 0.29) is 0 Å². The molecular formula is C11H12Br2N2OS. The summed E-state index contributed by atoms with van der Waals surface area (Å²) in [5, 5.41) is 3.27. The molecule has 0 fully saturated rings. The van der Waals surface area contributed by atoms with E-state index in [1.54, 1.807) is 17.5 Å². The number of nitrogens with one attached hydrogen (secondary N) is 1. The van der Waals surface area contributed by atoms with Crippen molar-refractivity contribution in [3.63, 3.8) is 0 Å². The first-order valence-corrected chi connectivity index (χ1v) is 7.60. The third kappa shape index (κ3) is 3.40. The molecule has 0 saturated carbocycles. The first kappa shape index (κ1) is 13.3. The van der Waals surface area contributed by atoms with Gasteiger partial charge in [0.1, 0.15) is 0 Å². The molecule has 6 heteroatoms. The van der Waals surface area contributed by atoms with Gasteiger partial charge in [-0.2, -0.15) is 0 Å². The lowest BCUT2D eigenvalue weighted by molar-refractivity contribution is 0.459. The second-order valence-corrected chi connectivity index (χ2v) is 7.64. The van der Waals surface area contributed by atoms with Crippen LogP contribution < -0.4 is 5.32 Å². The number of hydrogen-bond acceptors (Lipinski definition) is 4. The van der Waals surface area contributed by atoms with Crippen LogP contribution in [0.5, 0.6) is 0 Å². The van der Waals surface area contributed by atoms with E-state index >= 15 is 0 Å². The molecule has 2 aromatic rings. The van der Waals surface area contributed by atoms with E-state index < -0.39 is 0 Å². The third-order valence-corrected chi connectivity index (χ3v) is 4.48. The minimum atomic E-state index is 0.423. The highest BCUT2D eigenvalue weighted by Gasteiger charge is 2.12. The Morgan fingerprint density at radius 2 is 2.24 bits per heavy atom. The van der Waals surface area contributed by atoms with Crippen molar-refractivity contribution in [2.45, 2.75) is 26.4 Å². The van der Waals surface area contributed by atoms with Gasteiger partial charge in [-0.3, -0.25) is 0 Å². The van der Waals surface area contributed by atoms with E-state index in [1.165, 1.54) is 0 Å². The molecule has 2 aromatic heterocycles. The van der Waals surface area contributed by atoms with E-state index in [1.807, 2.05) is 6.07 Å². The van der Waals surface area contributed by atoms with Crippen molar-refractivity contribution in [3.05, 3.63) is 25.7 Å². The first-order valence-electron chi connectivity index (χ1n) is 5.19. The van der Waals surface area contributed by atoms with Crippen LogP contribution >= 0.6 is 43.2 Å². The van der Waals surface area contributed by atoms with Gasteiger partial charge in [0.15, 0.2) is 5.76 Å². The van der Waals surface area contributed by atoms with Crippen LogP contribution in [-0.2, 0) is 6.54 Å². The molecule has 0 aromatic carbocycles. The number of rotatable bonds is 4. The van der Waals surface area contributed by atoms with Crippen molar-refractivity contribution in [2.24, 2.45) is 0 Å². The fourth-order valence-corrected chi connectivity index (χ4v) is 4.13. The van der Waals surface area contributed by atoms with Gasteiger partial charge in [-0.25, -0.2) is 4.98 Å². The quantitative estimate of drug-likeness (QED) is 0.853. The van der Waals surface area contributed by atoms with Gasteiger partial charge in [0.05, 0.1) is 20.3 Å². The molecule has 2 rings (SSSR count). The number of aromatic nitrogens is 1. The summed E-state index contributed by atoms with van der Waals surface area (Å²) in [6, 6.07) is 2.45. The summed E-state index contributed by atoms with van der Waals surface area (Å²) in [6.07, 6.45) is 1.76. The lowest BCUT2D eigenvalue weighted by Crippen LogP contribution is -2.21. The highest BCUT2D eigenvalue weighted by Crippen LogP contribution is 2.38. The zero-order valence-electron chi connectivity index (χ0n) is 9.46. The molecule has 2 heterocycles. The zero-order valence-corrected chi connectivity index (χ0v) is 13.4. The summed E-state index contributed by atoms with van der Waals surface area (Å²) in [4.78, 5) is 4.25. The van der Waals surface area contributed by atoms with E-state index in [4.69, 9.17) is 4.42 Å². The average molecular weight is 380 g/mol. The molecule has 0 unspecified atom stereocenters. The molecule has 0 saturated heterocycles. The summed E-state index contributed by atoms with van der Waals surface area (Å²) < 4.78 is 7.81. The van der Waals surface area contributed by atoms with Gasteiger partial charge in [0.25, 0.3) is 0 Å². The maximum atomic E-state index is 5.70. The molecule has 1 N–H and O–H groups in total. The molecule has 0 amide bonds. The van der Waals surface area contributed by atoms with Crippen LogP contribution in [0.15, 0.2) is 24.3 Å². The summed E-state index contributed by atoms with van der Waals surface area (Å²) >= 11 is 8.58. The van der Waals surface area contributed by atoms with Crippen LogP contribution in [0.4, 0.5) is 0 Å². The second kappa shape index (κ2) is 5.65. The predicted molar refractivity (Wildman–Crippen MR) is 77.2 cm³/mol. The van der Waals surface area contributed by atoms with Crippen LogP contribution in [0, 0.1) is 0 Å². The SMILES string of the molecule is CC(C)NCc1ncc(-c2cc(Br)sc2Br)o1. The Labute approximate surface area is 121 Å². The highest BCUT2D eigenvalue weighted by molar-refractivity contribution is 9.12. The number of halogens is 2. The lowest BCUT2D eigenvalue weighted by atomic mass is 10.3. The molecule has 17 heavy (non-hydrogen) atoms. The Balaban J connectivity index is 2.15. The predicted octanol–water partition coefficient (Wildman–Crippen LogP) is 4.43. The van der Waals surface area contributed by atoms with Crippen LogP contribution in [0.1, 0.15) is 19.7 Å². The van der Waals surface area contributed by atoms with Crippen molar-refractivity contribution in [2.75, 3.05) is 0 Å². The van der Waals surface area contributed by atoms with Gasteiger partial charge < -0.3 is 9.73 Å². The lowest BCUT2D eigenvalue weighted by Gasteiger charge is -2.03. The van der Waals surface area contributed by atoms with E-state index in [2.05, 4.69) is 56.0 Å². The molecule has 0 spiro atoms. The number of nitrogens with zero attached hydrogens (tertiary/aromatic N) is 1. The maximum absolute atomic E-state index is 5.70. The summed E-state index contributed by atoms with van der Waals surface area (Å²) in [5.41, 5.74) is 1.03. The topological polar surface area (TPSA) is 38.1 Å². The van der Waals surface area contributed by atoms with E-state index in [9.17, 15) is 0 Å². The number of oxazole rings is 1. The Morgan fingerprint density at radius 1 is 1.47 bits per heavy atom. The largest absolute Gasteiger partial charge is 0.439 e. The number of thiophene rings is 1. The third-order valence-electron chi connectivity index (χ3n) is 2.14. The van der Waals surface area contributed by atoms with Crippen LogP contribution in [0.2, 0.25) is 0 Å². The first-order chi connectivity index (χ1) is 8.06. The van der Waals surface area contributed by atoms with Gasteiger partial charge in [0, 0.05) is 11.6 Å². The molecule has 0 atom stereocenters. The Kier molecular flexibility index (Phi) is 4.41. The van der Waals surface area contributed by atoms with E-state index in [0.717, 1.165) is 18.9 Å². The summed E-state index contributed by atoms with van der Waals surface area (Å²) in [6.45, 7) is 4.84. The minimum Gasteiger partial charge on any atom is -0.439 e. The average Bonchev–Trinajstić information content (AvgIpc) is 2.82. The molecule has 3 nitrogen and oxygen atoms in total. The monoisotopic (exact) mass is 378 g/mol. The van der Waals surface area contributed by atoms with E-state index in [0.29, 0.717) is 18.5 Å². The van der Waals surface area contributed by atoms with Crippen molar-refractivity contribution < 1.29 is 4.42 Å². The fraction of sp³-hybridized carbons (Fsp3) is 0.364. The Hall–Kier alpha value is -0.170. The van der Waals surface area contributed by atoms with Crippen LogP contribution in [0.3, 0.4) is 0 Å². The van der Waals surface area contributed by atoms with Gasteiger partial charge in [-0.05, 0) is 37.9 Å². The Bertz CT molecular complexity index is 507. The molecular weight excluding hydrogens is 368 g/mol. The molecule has 0 aliphatic heterocycles. The van der Waals surface area contributed by atoms with Crippen molar-refractivity contribution in [1.29, 1.82) is 0 Å². The van der Waals surface area contributed by atoms with Gasteiger partial charge in [-0.1, -0.05) is 13.8 Å². The maximum Gasteiger partial charge on any atom is 0.208 e. The molecule has 92 valence electrons. The van der Waals surface area contributed by atoms with Gasteiger partial charge in [0.2, 0.25) is 5.89 Å². The standard InChI is InChI=1S/C11H12Br2N2OS/c1-6(2)14-5-10-15-4-8(16-10)7-3-9(12)17-11(7)13/h3-4,6,14H,5H2,1-2H3. The normalized spacial score (nSPS) is 11.4. The zero-order chi connectivity index (χ0) is 12.4. The second-order valence-electron chi connectivity index (χ2n) is 3.89. The number of hydrogen-bond donors (Lipinski definition) is 1. The van der Waals surface area contributed by atoms with Gasteiger partial charge in [-0.15, -0.1) is 11.3 Å². The van der Waals surface area contributed by atoms with Crippen molar-refractivity contribution in [3.8, 4) is 11.3 Å². The highest BCUT2D eigenvalue weighted by atomic mass is 79.9. The Morgan fingerprint density at radius 3 is 2.82 bits per heavy atom.